The van der Waals surface area contributed by atoms with Gasteiger partial charge in [-0.15, -0.1) is 12.8 Å². The third-order valence-corrected chi connectivity index (χ3v) is 8.85. The molecule has 0 aromatic rings. The van der Waals surface area contributed by atoms with Crippen LogP contribution in [-0.2, 0) is 10.3 Å². The fraction of sp³-hybridized carbons (Fsp3) is 0.609. The lowest BCUT2D eigenvalue weighted by molar-refractivity contribution is 0.200. The first-order valence-electron chi connectivity index (χ1n) is 10.5. The zero-order chi connectivity index (χ0) is 21.2. The van der Waals surface area contributed by atoms with E-state index >= 15 is 0 Å². The number of halogens is 1. The van der Waals surface area contributed by atoms with Gasteiger partial charge in [0.2, 0.25) is 0 Å². The third kappa shape index (κ3) is 7.42. The molecule has 4 unspecified atom stereocenters. The number of unbranched alkanes of at least 4 members (excludes halogenated alkanes) is 2. The summed E-state index contributed by atoms with van der Waals surface area (Å²) < 4.78 is 3.32. The summed E-state index contributed by atoms with van der Waals surface area (Å²) in [5, 5.41) is 14.4. The van der Waals surface area contributed by atoms with Crippen LogP contribution < -0.4 is 5.43 Å². The van der Waals surface area contributed by atoms with Gasteiger partial charge in [0.05, 0.1) is 12.1 Å². The van der Waals surface area contributed by atoms with E-state index in [9.17, 15) is 5.11 Å². The van der Waals surface area contributed by atoms with Crippen LogP contribution in [0.1, 0.15) is 52.4 Å². The van der Waals surface area contributed by atoms with Crippen LogP contribution in [0.5, 0.6) is 0 Å². The van der Waals surface area contributed by atoms with Crippen molar-refractivity contribution in [1.29, 1.82) is 0 Å². The van der Waals surface area contributed by atoms with Gasteiger partial charge in [-0.3, -0.25) is 4.99 Å². The topological polar surface area (TPSA) is 57.0 Å². The molecular formula is C23H35IN3OS-. The first-order valence-corrected chi connectivity index (χ1v) is 13.4. The predicted octanol–water partition coefficient (Wildman–Crippen LogP) is 4.97. The smallest absolute Gasteiger partial charge is 0.0736 e. The second-order valence-corrected chi connectivity index (χ2v) is 10.9. The van der Waals surface area contributed by atoms with Crippen molar-refractivity contribution in [3.8, 4) is 3.19 Å². The molecule has 1 aliphatic heterocycles. The number of nitrogens with one attached hydrogen (secondary N) is 1. The van der Waals surface area contributed by atoms with E-state index in [1.807, 2.05) is 12.2 Å². The van der Waals surface area contributed by atoms with Crippen LogP contribution in [-0.4, -0.2) is 40.7 Å². The number of aliphatic imine (C=N–C) groups is 1. The molecular weight excluding hydrogens is 493 g/mol. The highest BCUT2D eigenvalue weighted by molar-refractivity contribution is 14.1. The van der Waals surface area contributed by atoms with Crippen molar-refractivity contribution in [1.82, 2.24) is 5.43 Å². The molecule has 0 saturated carbocycles. The average Bonchev–Trinajstić information content (AvgIpc) is 3.13. The summed E-state index contributed by atoms with van der Waals surface area (Å²) in [4.78, 5) is 4.89. The lowest BCUT2D eigenvalue weighted by atomic mass is 9.86. The van der Waals surface area contributed by atoms with E-state index in [2.05, 4.69) is 75.3 Å². The molecule has 0 fully saturated rings. The number of hydrogen-bond acceptors (Lipinski definition) is 5. The number of allylic oxidation sites excluding steroid dienone is 1. The number of hydrogen-bond donors (Lipinski definition) is 2. The number of aliphatic hydroxyl groups is 1. The van der Waals surface area contributed by atoms with E-state index in [4.69, 9.17) is 4.99 Å². The average molecular weight is 529 g/mol. The fourth-order valence-electron chi connectivity index (χ4n) is 3.83. The van der Waals surface area contributed by atoms with Gasteiger partial charge in [0.25, 0.3) is 0 Å². The summed E-state index contributed by atoms with van der Waals surface area (Å²) in [6.07, 6.45) is 16.4. The Morgan fingerprint density at radius 3 is 2.86 bits per heavy atom. The van der Waals surface area contributed by atoms with Crippen molar-refractivity contribution in [3.63, 3.8) is 0 Å². The second kappa shape index (κ2) is 12.8. The maximum atomic E-state index is 9.70. The highest BCUT2D eigenvalue weighted by atomic mass is 127. The van der Waals surface area contributed by atoms with Gasteiger partial charge in [-0.05, 0) is 60.8 Å². The van der Waals surface area contributed by atoms with Crippen molar-refractivity contribution >= 4 is 44.3 Å². The van der Waals surface area contributed by atoms with E-state index in [0.717, 1.165) is 30.7 Å². The van der Waals surface area contributed by atoms with Crippen LogP contribution in [0.4, 0.5) is 0 Å². The molecule has 0 bridgehead atoms. The van der Waals surface area contributed by atoms with Crippen LogP contribution >= 0.6 is 22.6 Å². The van der Waals surface area contributed by atoms with Gasteiger partial charge < -0.3 is 20.8 Å². The fourth-order valence-corrected chi connectivity index (χ4v) is 5.04. The Labute approximate surface area is 192 Å². The maximum absolute atomic E-state index is 9.70. The highest BCUT2D eigenvalue weighted by Crippen LogP contribution is 2.28. The van der Waals surface area contributed by atoms with Crippen molar-refractivity contribution < 1.29 is 5.11 Å². The monoisotopic (exact) mass is 528 g/mol. The number of hydrazone groups is 1. The molecule has 4 atom stereocenters. The van der Waals surface area contributed by atoms with Gasteiger partial charge in [0.1, 0.15) is 0 Å². The molecule has 0 saturated heterocycles. The van der Waals surface area contributed by atoms with E-state index in [1.165, 1.54) is 30.5 Å². The number of nitrogens with zero attached hydrogens (tertiary/aromatic N) is 2. The Hall–Kier alpha value is -0.820. The maximum Gasteiger partial charge on any atom is 0.0736 e. The minimum Gasteiger partial charge on any atom is -0.441 e. The summed E-state index contributed by atoms with van der Waals surface area (Å²) in [6.45, 7) is 8.37. The molecule has 2 aliphatic rings. The van der Waals surface area contributed by atoms with Gasteiger partial charge in [-0.2, -0.15) is 5.10 Å². The molecule has 1 heterocycles. The Bertz CT molecular complexity index is 772. The molecule has 0 spiro atoms. The Balaban J connectivity index is 2.28. The zero-order valence-electron chi connectivity index (χ0n) is 17.9. The molecule has 0 radical (unpaired) electrons. The minimum absolute atomic E-state index is 0.0874. The summed E-state index contributed by atoms with van der Waals surface area (Å²) in [7, 11) is 0.0874. The van der Waals surface area contributed by atoms with E-state index in [1.54, 1.807) is 0 Å². The molecule has 162 valence electrons. The quantitative estimate of drug-likeness (QED) is 0.146. The van der Waals surface area contributed by atoms with E-state index in [-0.39, 0.29) is 28.4 Å². The van der Waals surface area contributed by atoms with Crippen molar-refractivity contribution in [2.24, 2.45) is 21.9 Å². The SMILES string of the molecule is C=CC1NN=C(C[S-](C)#CI)C1/C(=C/N=C(C)C1C=CC(O)CC1)CCCCC. The molecule has 0 aromatic carbocycles. The van der Waals surface area contributed by atoms with Crippen LogP contribution in [0, 0.1) is 15.0 Å². The molecule has 4 nitrogen and oxygen atoms in total. The van der Waals surface area contributed by atoms with E-state index in [0.29, 0.717) is 5.92 Å². The summed E-state index contributed by atoms with van der Waals surface area (Å²) in [6, 6.07) is 0.129. The third-order valence-electron chi connectivity index (χ3n) is 5.60. The number of rotatable bonds is 9. The second-order valence-electron chi connectivity index (χ2n) is 7.90. The van der Waals surface area contributed by atoms with E-state index < -0.39 is 0 Å². The Kier molecular flexibility index (Phi) is 10.8. The van der Waals surface area contributed by atoms with Gasteiger partial charge in [0, 0.05) is 29.5 Å². The molecule has 29 heavy (non-hydrogen) atoms. The molecule has 2 N–H and O–H groups in total. The van der Waals surface area contributed by atoms with Crippen LogP contribution in [0.25, 0.3) is 0 Å². The Morgan fingerprint density at radius 1 is 1.45 bits per heavy atom. The van der Waals surface area contributed by atoms with Crippen LogP contribution in [0.2, 0.25) is 0 Å². The zero-order valence-corrected chi connectivity index (χ0v) is 20.9. The first-order chi connectivity index (χ1) is 14.0. The predicted molar refractivity (Wildman–Crippen MR) is 137 cm³/mol. The largest absolute Gasteiger partial charge is 0.441 e. The minimum atomic E-state index is -0.301. The normalized spacial score (nSPS) is 27.6. The van der Waals surface area contributed by atoms with Crippen LogP contribution in [0.3, 0.4) is 0 Å². The lowest BCUT2D eigenvalue weighted by Gasteiger charge is -2.24. The standard InChI is InChI=1S/C23H35IN3OS/c1-5-7-8-9-19(14-25-17(3)18-10-12-20(28)13-11-18)23-21(6-2)26-27-22(23)15-29(4)16-24/h6,10,12,14,18,20-21,23,26,28H,2,5,7-9,11,13,15H2,1,3-4H3/q-1/b19-14+,25-17?. The Morgan fingerprint density at radius 2 is 2.24 bits per heavy atom. The van der Waals surface area contributed by atoms with Crippen molar-refractivity contribution in [2.75, 3.05) is 12.0 Å². The molecule has 0 amide bonds. The van der Waals surface area contributed by atoms with Crippen molar-refractivity contribution in [2.45, 2.75) is 64.5 Å². The molecule has 1 aliphatic carbocycles. The first kappa shape index (κ1) is 24.4. The van der Waals surface area contributed by atoms with Gasteiger partial charge in [-0.1, -0.05) is 43.7 Å². The molecule has 2 rings (SSSR count). The van der Waals surface area contributed by atoms with Gasteiger partial charge in [0.15, 0.2) is 0 Å². The molecule has 6 heteroatoms. The summed E-state index contributed by atoms with van der Waals surface area (Å²) >= 11 is 2.22. The lowest BCUT2D eigenvalue weighted by Crippen LogP contribution is -2.30. The molecule has 0 aromatic heterocycles. The highest BCUT2D eigenvalue weighted by Gasteiger charge is 2.30. The summed E-state index contributed by atoms with van der Waals surface area (Å²) in [5.74, 6) is 1.48. The van der Waals surface area contributed by atoms with Gasteiger partial charge in [-0.25, -0.2) is 3.19 Å². The van der Waals surface area contributed by atoms with Crippen molar-refractivity contribution in [3.05, 3.63) is 36.6 Å². The number of aliphatic hydroxyl groups excluding tert-OH is 1. The summed E-state index contributed by atoms with van der Waals surface area (Å²) in [5.41, 5.74) is 6.93. The van der Waals surface area contributed by atoms with Crippen LogP contribution in [0.15, 0.2) is 46.7 Å². The van der Waals surface area contributed by atoms with Gasteiger partial charge >= 0.3 is 0 Å².